The number of nitrogens with zero attached hydrogens (tertiary/aromatic N) is 1. The summed E-state index contributed by atoms with van der Waals surface area (Å²) >= 11 is 0.854. The van der Waals surface area contributed by atoms with Gasteiger partial charge in [-0.05, 0) is 37.6 Å². The third kappa shape index (κ3) is 4.26. The average molecular weight is 381 g/mol. The topological polar surface area (TPSA) is 91.8 Å². The van der Waals surface area contributed by atoms with Crippen molar-refractivity contribution in [1.82, 2.24) is 4.90 Å². The molecule has 0 spiro atoms. The van der Waals surface area contributed by atoms with E-state index in [-0.39, 0.29) is 20.0 Å². The Kier molecular flexibility index (Phi) is 5.97. The van der Waals surface area contributed by atoms with E-state index in [0.29, 0.717) is 6.42 Å². The van der Waals surface area contributed by atoms with Gasteiger partial charge >= 0.3 is 5.97 Å². The molecule has 0 aliphatic heterocycles. The molecule has 0 radical (unpaired) electrons. The van der Waals surface area contributed by atoms with Gasteiger partial charge in [0.15, 0.2) is 0 Å². The second-order valence-corrected chi connectivity index (χ2v) is 8.78. The van der Waals surface area contributed by atoms with E-state index in [9.17, 15) is 18.0 Å². The zero-order valence-electron chi connectivity index (χ0n) is 13.9. The van der Waals surface area contributed by atoms with Gasteiger partial charge in [-0.25, -0.2) is 8.42 Å². The molecule has 1 amide bonds. The van der Waals surface area contributed by atoms with E-state index in [1.54, 1.807) is 25.1 Å². The number of hydrogen-bond acceptors (Lipinski definition) is 5. The lowest BCUT2D eigenvalue weighted by Gasteiger charge is -2.26. The third-order valence-electron chi connectivity index (χ3n) is 3.80. The number of carboxylic acids is 1. The molecule has 2 aromatic rings. The van der Waals surface area contributed by atoms with Gasteiger partial charge in [0.25, 0.3) is 5.91 Å². The van der Waals surface area contributed by atoms with Crippen molar-refractivity contribution in [2.45, 2.75) is 35.4 Å². The second kappa shape index (κ2) is 7.79. The molecule has 0 aliphatic carbocycles. The smallest absolute Gasteiger partial charge is 0.323 e. The Morgan fingerprint density at radius 3 is 2.36 bits per heavy atom. The van der Waals surface area contributed by atoms with Crippen LogP contribution >= 0.6 is 11.3 Å². The number of benzene rings is 1. The number of sulfone groups is 1. The van der Waals surface area contributed by atoms with E-state index < -0.39 is 28.3 Å². The van der Waals surface area contributed by atoms with Crippen molar-refractivity contribution in [3.63, 3.8) is 0 Å². The van der Waals surface area contributed by atoms with Crippen molar-refractivity contribution in [2.75, 3.05) is 6.54 Å². The van der Waals surface area contributed by atoms with E-state index >= 15 is 0 Å². The Balaban J connectivity index is 2.33. The molecule has 0 saturated carbocycles. The van der Waals surface area contributed by atoms with Crippen LogP contribution in [0.4, 0.5) is 0 Å². The summed E-state index contributed by atoms with van der Waals surface area (Å²) in [6.45, 7) is 3.19. The molecule has 1 aromatic carbocycles. The molecule has 134 valence electrons. The lowest BCUT2D eigenvalue weighted by atomic mass is 10.2. The van der Waals surface area contributed by atoms with Crippen molar-refractivity contribution >= 4 is 33.1 Å². The van der Waals surface area contributed by atoms with Crippen LogP contribution in [0, 0.1) is 0 Å². The summed E-state index contributed by atoms with van der Waals surface area (Å²) in [5.41, 5.74) is 0. The predicted molar refractivity (Wildman–Crippen MR) is 94.6 cm³/mol. The summed E-state index contributed by atoms with van der Waals surface area (Å²) < 4.78 is 25.3. The Morgan fingerprint density at radius 1 is 1.16 bits per heavy atom. The molecule has 0 saturated heterocycles. The largest absolute Gasteiger partial charge is 0.480 e. The maximum atomic E-state index is 12.6. The molecule has 0 fully saturated rings. The molecule has 25 heavy (non-hydrogen) atoms. The maximum Gasteiger partial charge on any atom is 0.323 e. The summed E-state index contributed by atoms with van der Waals surface area (Å²) in [5, 5.41) is 9.02. The van der Waals surface area contributed by atoms with Gasteiger partial charge in [-0.3, -0.25) is 9.59 Å². The lowest BCUT2D eigenvalue weighted by Crippen LogP contribution is -2.41. The molecule has 1 heterocycles. The van der Waals surface area contributed by atoms with Crippen LogP contribution in [-0.4, -0.2) is 42.9 Å². The van der Waals surface area contributed by atoms with Crippen molar-refractivity contribution in [1.29, 1.82) is 0 Å². The van der Waals surface area contributed by atoms with E-state index in [4.69, 9.17) is 5.11 Å². The second-order valence-electron chi connectivity index (χ2n) is 5.52. The molecule has 0 aliphatic rings. The summed E-state index contributed by atoms with van der Waals surface area (Å²) in [5.74, 6) is -1.58. The number of amides is 1. The van der Waals surface area contributed by atoms with Gasteiger partial charge in [0, 0.05) is 6.04 Å². The molecule has 1 unspecified atom stereocenters. The Bertz CT molecular complexity index is 858. The van der Waals surface area contributed by atoms with E-state index in [2.05, 4.69) is 0 Å². The SMILES string of the molecule is CCC(C)N(CC(=O)O)C(=O)c1ccc(S(=O)(=O)c2ccccc2)s1. The summed E-state index contributed by atoms with van der Waals surface area (Å²) in [4.78, 5) is 25.3. The van der Waals surface area contributed by atoms with Gasteiger partial charge in [-0.15, -0.1) is 11.3 Å². The Hall–Kier alpha value is -2.19. The van der Waals surface area contributed by atoms with Crippen LogP contribution in [0.5, 0.6) is 0 Å². The highest BCUT2D eigenvalue weighted by atomic mass is 32.2. The Morgan fingerprint density at radius 2 is 1.80 bits per heavy atom. The minimum absolute atomic E-state index is 0.0569. The van der Waals surface area contributed by atoms with Crippen LogP contribution in [0.1, 0.15) is 29.9 Å². The monoisotopic (exact) mass is 381 g/mol. The molecule has 8 heteroatoms. The third-order valence-corrected chi connectivity index (χ3v) is 7.13. The average Bonchev–Trinajstić information content (AvgIpc) is 3.10. The zero-order chi connectivity index (χ0) is 18.6. The first-order valence-corrected chi connectivity index (χ1v) is 10.00. The number of carbonyl (C=O) groups is 2. The Labute approximate surface area is 150 Å². The summed E-state index contributed by atoms with van der Waals surface area (Å²) in [6.07, 6.45) is 0.597. The molecule has 1 aromatic heterocycles. The highest BCUT2D eigenvalue weighted by Gasteiger charge is 2.26. The zero-order valence-corrected chi connectivity index (χ0v) is 15.5. The molecule has 6 nitrogen and oxygen atoms in total. The molecular formula is C17H19NO5S2. The van der Waals surface area contributed by atoms with Gasteiger partial charge in [0.05, 0.1) is 9.77 Å². The summed E-state index contributed by atoms with van der Waals surface area (Å²) in [7, 11) is -3.69. The minimum Gasteiger partial charge on any atom is -0.480 e. The van der Waals surface area contributed by atoms with Crippen molar-refractivity contribution in [3.05, 3.63) is 47.3 Å². The fourth-order valence-corrected chi connectivity index (χ4v) is 4.92. The van der Waals surface area contributed by atoms with E-state index in [0.717, 1.165) is 11.3 Å². The van der Waals surface area contributed by atoms with Crippen LogP contribution in [0.15, 0.2) is 51.6 Å². The van der Waals surface area contributed by atoms with Crippen LogP contribution in [0.3, 0.4) is 0 Å². The lowest BCUT2D eigenvalue weighted by molar-refractivity contribution is -0.138. The van der Waals surface area contributed by atoms with Gasteiger partial charge in [-0.2, -0.15) is 0 Å². The highest BCUT2D eigenvalue weighted by molar-refractivity contribution is 7.93. The predicted octanol–water partition coefficient (Wildman–Crippen LogP) is 2.91. The minimum atomic E-state index is -3.69. The van der Waals surface area contributed by atoms with Crippen LogP contribution in [-0.2, 0) is 14.6 Å². The molecule has 1 atom stereocenters. The number of aliphatic carboxylic acids is 1. The van der Waals surface area contributed by atoms with Crippen LogP contribution in [0.25, 0.3) is 0 Å². The number of hydrogen-bond donors (Lipinski definition) is 1. The fraction of sp³-hybridized carbons (Fsp3) is 0.294. The van der Waals surface area contributed by atoms with Crippen molar-refractivity contribution in [3.8, 4) is 0 Å². The first-order chi connectivity index (χ1) is 11.8. The molecule has 0 bridgehead atoms. The number of carboxylic acid groups (broad SMARTS) is 1. The summed E-state index contributed by atoms with van der Waals surface area (Å²) in [6, 6.07) is 10.5. The van der Waals surface area contributed by atoms with Gasteiger partial charge < -0.3 is 10.0 Å². The molecule has 2 rings (SSSR count). The van der Waals surface area contributed by atoms with Crippen LogP contribution in [0.2, 0.25) is 0 Å². The van der Waals surface area contributed by atoms with E-state index in [1.807, 2.05) is 6.92 Å². The fourth-order valence-electron chi connectivity index (χ4n) is 2.23. The normalized spacial score (nSPS) is 12.6. The molecule has 1 N–H and O–H groups in total. The number of thiophene rings is 1. The van der Waals surface area contributed by atoms with Gasteiger partial charge in [-0.1, -0.05) is 25.1 Å². The van der Waals surface area contributed by atoms with Crippen molar-refractivity contribution in [2.24, 2.45) is 0 Å². The number of rotatable bonds is 7. The van der Waals surface area contributed by atoms with Crippen molar-refractivity contribution < 1.29 is 23.1 Å². The first-order valence-electron chi connectivity index (χ1n) is 7.70. The molecular weight excluding hydrogens is 362 g/mol. The number of carbonyl (C=O) groups excluding carboxylic acids is 1. The maximum absolute atomic E-state index is 12.6. The van der Waals surface area contributed by atoms with Gasteiger partial charge in [0.1, 0.15) is 10.8 Å². The van der Waals surface area contributed by atoms with E-state index in [1.165, 1.54) is 29.2 Å². The van der Waals surface area contributed by atoms with Crippen LogP contribution < -0.4 is 0 Å². The first kappa shape index (κ1) is 19.1. The standard InChI is InChI=1S/C17H19NO5S2/c1-3-12(2)18(11-15(19)20)17(21)14-9-10-16(24-14)25(22,23)13-7-5-4-6-8-13/h4-10,12H,3,11H2,1-2H3,(H,19,20). The quantitative estimate of drug-likeness (QED) is 0.796. The highest BCUT2D eigenvalue weighted by Crippen LogP contribution is 2.28. The van der Waals surface area contributed by atoms with Gasteiger partial charge in [0.2, 0.25) is 9.84 Å².